The van der Waals surface area contributed by atoms with E-state index >= 15 is 0 Å². The average molecular weight is 436 g/mol. The molecule has 172 valence electrons. The van der Waals surface area contributed by atoms with Crippen molar-refractivity contribution in [3.05, 3.63) is 0 Å². The van der Waals surface area contributed by atoms with Crippen LogP contribution in [0.4, 0.5) is 5.82 Å². The van der Waals surface area contributed by atoms with Gasteiger partial charge in [0.15, 0.2) is 17.0 Å². The number of unbranched alkanes of at least 4 members (excludes halogenated alkanes) is 1. The molecule has 2 aromatic heterocycles. The third-order valence-corrected chi connectivity index (χ3v) is 5.44. The highest BCUT2D eigenvalue weighted by Gasteiger charge is 2.21. The predicted octanol–water partition coefficient (Wildman–Crippen LogP) is 0.777. The van der Waals surface area contributed by atoms with E-state index in [1.807, 2.05) is 4.57 Å². The van der Waals surface area contributed by atoms with Crippen LogP contribution in [0.5, 0.6) is 12.0 Å². The van der Waals surface area contributed by atoms with E-state index in [4.69, 9.17) is 19.9 Å². The molecule has 0 radical (unpaired) electrons. The smallest absolute Gasteiger partial charge is 0.320 e. The van der Waals surface area contributed by atoms with Crippen molar-refractivity contribution < 1.29 is 19.0 Å². The van der Waals surface area contributed by atoms with E-state index < -0.39 is 0 Å². The van der Waals surface area contributed by atoms with Crippen LogP contribution in [-0.2, 0) is 16.1 Å². The van der Waals surface area contributed by atoms with E-state index in [-0.39, 0.29) is 17.8 Å². The lowest BCUT2D eigenvalue weighted by molar-refractivity contribution is -0.141. The Bertz CT molecular complexity index is 865. The van der Waals surface area contributed by atoms with E-state index in [0.717, 1.165) is 52.1 Å². The summed E-state index contributed by atoms with van der Waals surface area (Å²) in [6, 6.07) is 0.722. The number of fused-ring (bicyclic) bond motifs is 1. The van der Waals surface area contributed by atoms with Gasteiger partial charge >= 0.3 is 12.0 Å². The van der Waals surface area contributed by atoms with Crippen LogP contribution in [0.15, 0.2) is 0 Å². The number of nitrogens with two attached hydrogens (primary N) is 1. The minimum Gasteiger partial charge on any atom is -0.469 e. The molecule has 0 unspecified atom stereocenters. The second kappa shape index (κ2) is 11.1. The SMILES string of the molecule is CCCCOc1nc(N)c2nc(OC)n(CCN3CCN(CCC(=O)OC)CC3)c2n1. The lowest BCUT2D eigenvalue weighted by Crippen LogP contribution is -2.47. The van der Waals surface area contributed by atoms with Crippen molar-refractivity contribution >= 4 is 23.0 Å². The van der Waals surface area contributed by atoms with E-state index in [1.165, 1.54) is 7.11 Å². The van der Waals surface area contributed by atoms with Crippen LogP contribution in [0.25, 0.3) is 11.2 Å². The first kappa shape index (κ1) is 23.0. The molecule has 0 aliphatic carbocycles. The summed E-state index contributed by atoms with van der Waals surface area (Å²) in [5.74, 6) is 0.119. The first-order chi connectivity index (χ1) is 15.0. The second-order valence-corrected chi connectivity index (χ2v) is 7.53. The van der Waals surface area contributed by atoms with Gasteiger partial charge in [0.25, 0.3) is 6.01 Å². The number of nitrogen functional groups attached to an aromatic ring is 1. The molecule has 11 nitrogen and oxygen atoms in total. The molecular weight excluding hydrogens is 402 g/mol. The topological polar surface area (TPSA) is 121 Å². The van der Waals surface area contributed by atoms with Crippen LogP contribution in [-0.4, -0.2) is 95.4 Å². The number of hydrogen-bond acceptors (Lipinski definition) is 10. The first-order valence-corrected chi connectivity index (χ1v) is 10.8. The van der Waals surface area contributed by atoms with Crippen molar-refractivity contribution in [1.82, 2.24) is 29.3 Å². The molecule has 2 aromatic rings. The monoisotopic (exact) mass is 435 g/mol. The van der Waals surface area contributed by atoms with Crippen molar-refractivity contribution in [2.45, 2.75) is 32.7 Å². The van der Waals surface area contributed by atoms with Crippen LogP contribution in [0.3, 0.4) is 0 Å². The number of anilines is 1. The van der Waals surface area contributed by atoms with Gasteiger partial charge in [-0.2, -0.15) is 15.0 Å². The highest BCUT2D eigenvalue weighted by molar-refractivity contribution is 5.83. The van der Waals surface area contributed by atoms with Gasteiger partial charge in [0, 0.05) is 45.8 Å². The quantitative estimate of drug-likeness (QED) is 0.400. The highest BCUT2D eigenvalue weighted by atomic mass is 16.5. The Morgan fingerprint density at radius 3 is 2.39 bits per heavy atom. The number of nitrogens with zero attached hydrogens (tertiary/aromatic N) is 6. The van der Waals surface area contributed by atoms with Crippen LogP contribution in [0, 0.1) is 0 Å². The second-order valence-electron chi connectivity index (χ2n) is 7.53. The van der Waals surface area contributed by atoms with Gasteiger partial charge in [-0.05, 0) is 6.42 Å². The summed E-state index contributed by atoms with van der Waals surface area (Å²) in [4.78, 5) is 29.2. The number of carbonyl (C=O) groups excluding carboxylic acids is 1. The van der Waals surface area contributed by atoms with E-state index in [0.29, 0.717) is 36.7 Å². The Balaban J connectivity index is 1.62. The summed E-state index contributed by atoms with van der Waals surface area (Å²) in [6.07, 6.45) is 2.38. The van der Waals surface area contributed by atoms with Gasteiger partial charge in [-0.25, -0.2) is 0 Å². The Morgan fingerprint density at radius 1 is 1.03 bits per heavy atom. The number of aromatic nitrogens is 4. The zero-order valence-corrected chi connectivity index (χ0v) is 18.7. The minimum absolute atomic E-state index is 0.166. The molecule has 0 amide bonds. The van der Waals surface area contributed by atoms with E-state index in [9.17, 15) is 4.79 Å². The maximum Gasteiger partial charge on any atom is 0.320 e. The average Bonchev–Trinajstić information content (AvgIpc) is 3.15. The fourth-order valence-corrected chi connectivity index (χ4v) is 3.54. The molecule has 3 heterocycles. The Hall–Kier alpha value is -2.66. The summed E-state index contributed by atoms with van der Waals surface area (Å²) < 4.78 is 17.8. The van der Waals surface area contributed by atoms with Crippen molar-refractivity contribution in [1.29, 1.82) is 0 Å². The normalized spacial score (nSPS) is 15.3. The van der Waals surface area contributed by atoms with Crippen molar-refractivity contribution in [3.63, 3.8) is 0 Å². The minimum atomic E-state index is -0.166. The van der Waals surface area contributed by atoms with Crippen LogP contribution in [0.2, 0.25) is 0 Å². The molecule has 1 fully saturated rings. The van der Waals surface area contributed by atoms with Crippen LogP contribution in [0.1, 0.15) is 26.2 Å². The molecule has 31 heavy (non-hydrogen) atoms. The van der Waals surface area contributed by atoms with Gasteiger partial charge in [-0.1, -0.05) is 13.3 Å². The van der Waals surface area contributed by atoms with Crippen molar-refractivity contribution in [2.24, 2.45) is 0 Å². The third-order valence-electron chi connectivity index (χ3n) is 5.44. The zero-order chi connectivity index (χ0) is 22.2. The molecule has 3 rings (SSSR count). The first-order valence-electron chi connectivity index (χ1n) is 10.8. The number of esters is 1. The van der Waals surface area contributed by atoms with Gasteiger partial charge in [-0.3, -0.25) is 14.3 Å². The molecular formula is C20H33N7O4. The number of hydrogen-bond donors (Lipinski definition) is 1. The maximum absolute atomic E-state index is 11.3. The molecule has 2 N–H and O–H groups in total. The molecule has 0 bridgehead atoms. The Labute approximate surface area is 182 Å². The molecule has 1 aliphatic rings. The summed E-state index contributed by atoms with van der Waals surface area (Å²) in [5.41, 5.74) is 7.24. The predicted molar refractivity (Wildman–Crippen MR) is 116 cm³/mol. The van der Waals surface area contributed by atoms with Gasteiger partial charge in [0.2, 0.25) is 0 Å². The van der Waals surface area contributed by atoms with Crippen LogP contribution < -0.4 is 15.2 Å². The fraction of sp³-hybridized carbons (Fsp3) is 0.700. The van der Waals surface area contributed by atoms with E-state index in [2.05, 4.69) is 31.7 Å². The van der Waals surface area contributed by atoms with Crippen LogP contribution >= 0.6 is 0 Å². The number of methoxy groups -OCH3 is 2. The number of carbonyl (C=O) groups is 1. The number of ether oxygens (including phenoxy) is 3. The number of piperazine rings is 1. The highest BCUT2D eigenvalue weighted by Crippen LogP contribution is 2.25. The van der Waals surface area contributed by atoms with Gasteiger partial charge in [-0.15, -0.1) is 0 Å². The molecule has 0 aromatic carbocycles. The van der Waals surface area contributed by atoms with E-state index in [1.54, 1.807) is 7.11 Å². The maximum atomic E-state index is 11.3. The molecule has 1 saturated heterocycles. The zero-order valence-electron chi connectivity index (χ0n) is 18.7. The molecule has 0 spiro atoms. The fourth-order valence-electron chi connectivity index (χ4n) is 3.54. The summed E-state index contributed by atoms with van der Waals surface area (Å²) in [5, 5.41) is 0. The molecule has 11 heteroatoms. The summed E-state index contributed by atoms with van der Waals surface area (Å²) in [6.45, 7) is 8.56. The standard InChI is InChI=1S/C20H33N7O4/c1-4-5-14-31-19-23-17(21)16-18(24-19)27(20(22-16)30-3)13-12-26-10-8-25(9-11-26)7-6-15(28)29-2/h4-14H2,1-3H3,(H2,21,23,24). The van der Waals surface area contributed by atoms with Crippen molar-refractivity contribution in [3.8, 4) is 12.0 Å². The molecule has 0 atom stereocenters. The number of rotatable bonds is 11. The lowest BCUT2D eigenvalue weighted by atomic mass is 10.3. The van der Waals surface area contributed by atoms with Gasteiger partial charge in [0.05, 0.1) is 27.2 Å². The third kappa shape index (κ3) is 5.95. The van der Waals surface area contributed by atoms with Crippen molar-refractivity contribution in [2.75, 3.05) is 65.8 Å². The Kier molecular flexibility index (Phi) is 8.24. The number of imidazole rings is 1. The molecule has 1 aliphatic heterocycles. The largest absolute Gasteiger partial charge is 0.469 e. The van der Waals surface area contributed by atoms with Gasteiger partial charge in [0.1, 0.15) is 0 Å². The van der Waals surface area contributed by atoms with Gasteiger partial charge < -0.3 is 24.8 Å². The molecule has 0 saturated carbocycles. The lowest BCUT2D eigenvalue weighted by Gasteiger charge is -2.34. The Morgan fingerprint density at radius 2 is 1.74 bits per heavy atom. The summed E-state index contributed by atoms with van der Waals surface area (Å²) >= 11 is 0. The summed E-state index contributed by atoms with van der Waals surface area (Å²) in [7, 11) is 3.01.